The summed E-state index contributed by atoms with van der Waals surface area (Å²) < 4.78 is 14.3. The molecule has 1 aromatic heterocycles. The van der Waals surface area contributed by atoms with Gasteiger partial charge in [0.25, 0.3) is 0 Å². The highest BCUT2D eigenvalue weighted by molar-refractivity contribution is 5.97. The molecule has 5 heteroatoms. The van der Waals surface area contributed by atoms with Crippen molar-refractivity contribution >= 4 is 12.0 Å². The normalized spacial score (nSPS) is 10.9. The SMILES string of the molecule is COCCOC(=O)C(C#N)=Cc1ccoc1. The molecule has 1 heterocycles. The standard InChI is InChI=1S/C11H11NO4/c1-14-4-5-16-11(13)10(7-12)6-9-2-3-15-8-9/h2-3,6,8H,4-5H2,1H3. The molecule has 0 aliphatic carbocycles. The van der Waals surface area contributed by atoms with Crippen molar-refractivity contribution in [3.05, 3.63) is 29.7 Å². The molecule has 0 unspecified atom stereocenters. The van der Waals surface area contributed by atoms with Crippen LogP contribution < -0.4 is 0 Å². The number of esters is 1. The maximum atomic E-state index is 11.4. The molecule has 0 aromatic carbocycles. The van der Waals surface area contributed by atoms with Crippen molar-refractivity contribution in [3.8, 4) is 6.07 Å². The monoisotopic (exact) mass is 221 g/mol. The highest BCUT2D eigenvalue weighted by atomic mass is 16.6. The van der Waals surface area contributed by atoms with E-state index in [9.17, 15) is 4.79 Å². The summed E-state index contributed by atoms with van der Waals surface area (Å²) in [6.45, 7) is 0.426. The van der Waals surface area contributed by atoms with Crippen LogP contribution in [0.25, 0.3) is 6.08 Å². The first-order valence-electron chi connectivity index (χ1n) is 4.58. The molecule has 0 aliphatic heterocycles. The van der Waals surface area contributed by atoms with Crippen LogP contribution in [-0.4, -0.2) is 26.3 Å². The van der Waals surface area contributed by atoms with E-state index in [1.54, 1.807) is 12.1 Å². The van der Waals surface area contributed by atoms with E-state index in [2.05, 4.69) is 0 Å². The summed E-state index contributed by atoms with van der Waals surface area (Å²) >= 11 is 0. The highest BCUT2D eigenvalue weighted by Crippen LogP contribution is 2.08. The van der Waals surface area contributed by atoms with Crippen LogP contribution in [0.3, 0.4) is 0 Å². The molecule has 0 spiro atoms. The number of hydrogen-bond donors (Lipinski definition) is 0. The van der Waals surface area contributed by atoms with Gasteiger partial charge in [0.05, 0.1) is 19.1 Å². The van der Waals surface area contributed by atoms with Crippen LogP contribution in [0.2, 0.25) is 0 Å². The fraction of sp³-hybridized carbons (Fsp3) is 0.273. The smallest absolute Gasteiger partial charge is 0.348 e. The van der Waals surface area contributed by atoms with Gasteiger partial charge in [-0.15, -0.1) is 0 Å². The van der Waals surface area contributed by atoms with Gasteiger partial charge in [-0.2, -0.15) is 5.26 Å². The molecular formula is C11H11NO4. The van der Waals surface area contributed by atoms with Crippen molar-refractivity contribution in [2.24, 2.45) is 0 Å². The lowest BCUT2D eigenvalue weighted by Gasteiger charge is -2.01. The Morgan fingerprint density at radius 2 is 2.44 bits per heavy atom. The number of furan rings is 1. The zero-order chi connectivity index (χ0) is 11.8. The fourth-order valence-electron chi connectivity index (χ4n) is 0.956. The Morgan fingerprint density at radius 3 is 3.00 bits per heavy atom. The molecule has 0 radical (unpaired) electrons. The third kappa shape index (κ3) is 3.59. The van der Waals surface area contributed by atoms with Gasteiger partial charge >= 0.3 is 5.97 Å². The zero-order valence-corrected chi connectivity index (χ0v) is 8.80. The number of carbonyl (C=O) groups excluding carboxylic acids is 1. The largest absolute Gasteiger partial charge is 0.472 e. The molecule has 0 saturated heterocycles. The molecule has 0 saturated carbocycles. The number of methoxy groups -OCH3 is 1. The van der Waals surface area contributed by atoms with Crippen LogP contribution in [0.5, 0.6) is 0 Å². The number of hydrogen-bond acceptors (Lipinski definition) is 5. The van der Waals surface area contributed by atoms with E-state index in [0.29, 0.717) is 12.2 Å². The van der Waals surface area contributed by atoms with E-state index >= 15 is 0 Å². The Kier molecular flexibility index (Phi) is 4.83. The summed E-state index contributed by atoms with van der Waals surface area (Å²) in [5.74, 6) is -0.666. The molecule has 1 aromatic rings. The van der Waals surface area contributed by atoms with Crippen LogP contribution in [0, 0.1) is 11.3 Å². The van der Waals surface area contributed by atoms with E-state index in [1.165, 1.54) is 25.7 Å². The van der Waals surface area contributed by atoms with Gasteiger partial charge in [0.2, 0.25) is 0 Å². The molecule has 0 atom stereocenters. The van der Waals surface area contributed by atoms with Crippen molar-refractivity contribution in [2.75, 3.05) is 20.3 Å². The highest BCUT2D eigenvalue weighted by Gasteiger charge is 2.10. The second-order valence-electron chi connectivity index (χ2n) is 2.86. The Morgan fingerprint density at radius 1 is 1.62 bits per heavy atom. The molecule has 0 aliphatic rings. The number of rotatable bonds is 5. The summed E-state index contributed by atoms with van der Waals surface area (Å²) in [6.07, 6.45) is 4.29. The summed E-state index contributed by atoms with van der Waals surface area (Å²) in [5, 5.41) is 8.77. The molecule has 0 bridgehead atoms. The molecule has 84 valence electrons. The third-order valence-electron chi connectivity index (χ3n) is 1.72. The van der Waals surface area contributed by atoms with Crippen LogP contribution in [0.15, 0.2) is 28.6 Å². The van der Waals surface area contributed by atoms with Crippen LogP contribution in [0.1, 0.15) is 5.56 Å². The van der Waals surface area contributed by atoms with Crippen LogP contribution in [-0.2, 0) is 14.3 Å². The number of nitrogens with zero attached hydrogens (tertiary/aromatic N) is 1. The first-order chi connectivity index (χ1) is 7.77. The van der Waals surface area contributed by atoms with Crippen molar-refractivity contribution in [3.63, 3.8) is 0 Å². The summed E-state index contributed by atoms with van der Waals surface area (Å²) in [7, 11) is 1.50. The van der Waals surface area contributed by atoms with Gasteiger partial charge in [-0.3, -0.25) is 0 Å². The van der Waals surface area contributed by atoms with Crippen molar-refractivity contribution in [1.29, 1.82) is 5.26 Å². The van der Waals surface area contributed by atoms with Gasteiger partial charge in [0.1, 0.15) is 18.2 Å². The van der Waals surface area contributed by atoms with Gasteiger partial charge in [0, 0.05) is 12.7 Å². The zero-order valence-electron chi connectivity index (χ0n) is 8.80. The van der Waals surface area contributed by atoms with Gasteiger partial charge in [-0.05, 0) is 12.1 Å². The number of carbonyl (C=O) groups is 1. The van der Waals surface area contributed by atoms with Crippen LogP contribution in [0.4, 0.5) is 0 Å². The topological polar surface area (TPSA) is 72.5 Å². The molecule has 0 amide bonds. The average molecular weight is 221 g/mol. The Balaban J connectivity index is 2.61. The number of nitriles is 1. The molecule has 16 heavy (non-hydrogen) atoms. The first-order valence-corrected chi connectivity index (χ1v) is 4.58. The number of ether oxygens (including phenoxy) is 2. The Bertz CT molecular complexity index is 400. The minimum absolute atomic E-state index is 0.0718. The second kappa shape index (κ2) is 6.43. The van der Waals surface area contributed by atoms with E-state index < -0.39 is 5.97 Å². The first kappa shape index (κ1) is 12.0. The van der Waals surface area contributed by atoms with Crippen molar-refractivity contribution in [1.82, 2.24) is 0 Å². The molecule has 1 rings (SSSR count). The maximum Gasteiger partial charge on any atom is 0.348 e. The Hall–Kier alpha value is -2.06. The Labute approximate surface area is 92.9 Å². The molecule has 0 N–H and O–H groups in total. The summed E-state index contributed by atoms with van der Waals surface area (Å²) in [6, 6.07) is 3.41. The molecular weight excluding hydrogens is 210 g/mol. The van der Waals surface area contributed by atoms with E-state index in [-0.39, 0.29) is 12.2 Å². The molecule has 0 fully saturated rings. The third-order valence-corrected chi connectivity index (χ3v) is 1.72. The fourth-order valence-corrected chi connectivity index (χ4v) is 0.956. The van der Waals surface area contributed by atoms with Gasteiger partial charge in [-0.25, -0.2) is 4.79 Å². The lowest BCUT2D eigenvalue weighted by atomic mass is 10.2. The lowest BCUT2D eigenvalue weighted by Crippen LogP contribution is -2.11. The quantitative estimate of drug-likeness (QED) is 0.325. The average Bonchev–Trinajstić information content (AvgIpc) is 2.78. The predicted octanol–water partition coefficient (Wildman–Crippen LogP) is 1.38. The van der Waals surface area contributed by atoms with E-state index in [4.69, 9.17) is 19.2 Å². The second-order valence-corrected chi connectivity index (χ2v) is 2.86. The van der Waals surface area contributed by atoms with E-state index in [0.717, 1.165) is 0 Å². The van der Waals surface area contributed by atoms with E-state index in [1.807, 2.05) is 0 Å². The van der Waals surface area contributed by atoms with Crippen LogP contribution >= 0.6 is 0 Å². The summed E-state index contributed by atoms with van der Waals surface area (Å²) in [5.41, 5.74) is 0.567. The van der Waals surface area contributed by atoms with Crippen molar-refractivity contribution < 1.29 is 18.7 Å². The van der Waals surface area contributed by atoms with Gasteiger partial charge < -0.3 is 13.9 Å². The predicted molar refractivity (Wildman–Crippen MR) is 55.1 cm³/mol. The lowest BCUT2D eigenvalue weighted by molar-refractivity contribution is -0.139. The minimum Gasteiger partial charge on any atom is -0.472 e. The van der Waals surface area contributed by atoms with Gasteiger partial charge in [0.15, 0.2) is 0 Å². The van der Waals surface area contributed by atoms with Crippen molar-refractivity contribution in [2.45, 2.75) is 0 Å². The van der Waals surface area contributed by atoms with Gasteiger partial charge in [-0.1, -0.05) is 0 Å². The molecule has 5 nitrogen and oxygen atoms in total. The summed E-state index contributed by atoms with van der Waals surface area (Å²) in [4.78, 5) is 11.4. The minimum atomic E-state index is -0.666. The maximum absolute atomic E-state index is 11.4.